The zero-order valence-electron chi connectivity index (χ0n) is 19.7. The molecule has 3 rings (SSSR count). The maximum absolute atomic E-state index is 13.9. The number of carbonyl (C=O) groups excluding carboxylic acids is 1. The molecule has 1 aromatic heterocycles. The summed E-state index contributed by atoms with van der Waals surface area (Å²) in [6, 6.07) is 13.0. The summed E-state index contributed by atoms with van der Waals surface area (Å²) in [6.07, 6.45) is 3.21. The van der Waals surface area contributed by atoms with Gasteiger partial charge in [0.25, 0.3) is 10.0 Å². The lowest BCUT2D eigenvalue weighted by Crippen LogP contribution is -2.33. The van der Waals surface area contributed by atoms with E-state index < -0.39 is 21.6 Å². The van der Waals surface area contributed by atoms with Crippen LogP contribution in [0, 0.1) is 6.92 Å². The summed E-state index contributed by atoms with van der Waals surface area (Å²) in [4.78, 5) is 17.4. The van der Waals surface area contributed by atoms with Crippen LogP contribution in [0.2, 0.25) is 0 Å². The van der Waals surface area contributed by atoms with Crippen LogP contribution in [0.25, 0.3) is 0 Å². The monoisotopic (exact) mass is 546 g/mol. The van der Waals surface area contributed by atoms with Crippen molar-refractivity contribution in [2.75, 3.05) is 11.4 Å². The zero-order valence-corrected chi connectivity index (χ0v) is 22.1. The van der Waals surface area contributed by atoms with Crippen molar-refractivity contribution in [1.29, 1.82) is 0 Å². The van der Waals surface area contributed by atoms with Crippen LogP contribution in [0.4, 0.5) is 5.69 Å². The van der Waals surface area contributed by atoms with E-state index in [1.165, 1.54) is 23.5 Å². The molecule has 0 amide bonds. The molecule has 0 spiro atoms. The van der Waals surface area contributed by atoms with Gasteiger partial charge in [-0.25, -0.2) is 13.2 Å². The van der Waals surface area contributed by atoms with Crippen LogP contribution < -0.4 is 9.04 Å². The second-order valence-corrected chi connectivity index (χ2v) is 11.4. The Labute approximate surface area is 208 Å². The standard InChI is InChI=1S/C25H27BrN2O5S/c1-17-13-19(26)14-22(24(29)33-25(2,3)4)23(17)28(16-18-7-6-12-27-15-18)34(30,31)21-10-8-20(32-5)9-11-21/h6-15H,16H2,1-5H3. The number of halogens is 1. The first-order valence-electron chi connectivity index (χ1n) is 10.5. The molecule has 0 aliphatic carbocycles. The highest BCUT2D eigenvalue weighted by Crippen LogP contribution is 2.35. The highest BCUT2D eigenvalue weighted by Gasteiger charge is 2.32. The normalized spacial score (nSPS) is 11.7. The third-order valence-electron chi connectivity index (χ3n) is 4.83. The van der Waals surface area contributed by atoms with Crippen molar-refractivity contribution in [2.45, 2.75) is 44.7 Å². The summed E-state index contributed by atoms with van der Waals surface area (Å²) in [5.74, 6) is -0.0833. The number of esters is 1. The SMILES string of the molecule is COc1ccc(S(=O)(=O)N(Cc2cccnc2)c2c(C)cc(Br)cc2C(=O)OC(C)(C)C)cc1. The summed E-state index contributed by atoms with van der Waals surface area (Å²) in [6.45, 7) is 7.01. The molecular formula is C25H27BrN2O5S. The molecule has 3 aromatic rings. The number of ether oxygens (including phenoxy) is 2. The Morgan fingerprint density at radius 1 is 1.12 bits per heavy atom. The Balaban J connectivity index is 2.23. The van der Waals surface area contributed by atoms with Gasteiger partial charge in [0, 0.05) is 16.9 Å². The molecule has 34 heavy (non-hydrogen) atoms. The van der Waals surface area contributed by atoms with Crippen molar-refractivity contribution in [3.8, 4) is 5.75 Å². The van der Waals surface area contributed by atoms with Gasteiger partial charge in [-0.1, -0.05) is 22.0 Å². The molecule has 7 nitrogen and oxygen atoms in total. The number of hydrogen-bond donors (Lipinski definition) is 0. The van der Waals surface area contributed by atoms with Gasteiger partial charge in [-0.2, -0.15) is 0 Å². The maximum atomic E-state index is 13.9. The highest BCUT2D eigenvalue weighted by molar-refractivity contribution is 9.10. The Morgan fingerprint density at radius 3 is 2.35 bits per heavy atom. The summed E-state index contributed by atoms with van der Waals surface area (Å²) in [5.41, 5.74) is 0.890. The van der Waals surface area contributed by atoms with Crippen LogP contribution in [0.5, 0.6) is 5.75 Å². The average Bonchev–Trinajstić information content (AvgIpc) is 2.77. The van der Waals surface area contributed by atoms with Crippen molar-refractivity contribution in [1.82, 2.24) is 4.98 Å². The third-order valence-corrected chi connectivity index (χ3v) is 7.05. The van der Waals surface area contributed by atoms with Gasteiger partial charge in [0.2, 0.25) is 0 Å². The lowest BCUT2D eigenvalue weighted by atomic mass is 10.1. The van der Waals surface area contributed by atoms with Crippen molar-refractivity contribution in [3.05, 3.63) is 82.1 Å². The van der Waals surface area contributed by atoms with E-state index in [1.54, 1.807) is 76.5 Å². The van der Waals surface area contributed by atoms with Gasteiger partial charge >= 0.3 is 5.97 Å². The molecule has 0 atom stereocenters. The highest BCUT2D eigenvalue weighted by atomic mass is 79.9. The number of rotatable bonds is 7. The van der Waals surface area contributed by atoms with E-state index in [-0.39, 0.29) is 22.7 Å². The van der Waals surface area contributed by atoms with Crippen LogP contribution in [0.3, 0.4) is 0 Å². The number of pyridine rings is 1. The second-order valence-electron chi connectivity index (χ2n) is 8.67. The smallest absolute Gasteiger partial charge is 0.340 e. The molecule has 1 heterocycles. The van der Waals surface area contributed by atoms with Gasteiger partial charge in [-0.05, 0) is 81.3 Å². The molecule has 0 aliphatic rings. The number of hydrogen-bond acceptors (Lipinski definition) is 6. The van der Waals surface area contributed by atoms with Crippen LogP contribution >= 0.6 is 15.9 Å². The van der Waals surface area contributed by atoms with Gasteiger partial charge in [0.05, 0.1) is 29.8 Å². The van der Waals surface area contributed by atoms with E-state index in [9.17, 15) is 13.2 Å². The van der Waals surface area contributed by atoms with Crippen LogP contribution in [0.1, 0.15) is 42.3 Å². The molecule has 0 bridgehead atoms. The molecule has 0 saturated heterocycles. The molecule has 0 saturated carbocycles. The number of benzene rings is 2. The molecule has 180 valence electrons. The number of aryl methyl sites for hydroxylation is 1. The minimum absolute atomic E-state index is 0.0273. The Bertz CT molecular complexity index is 1270. The van der Waals surface area contributed by atoms with Crippen molar-refractivity contribution < 1.29 is 22.7 Å². The predicted octanol–water partition coefficient (Wildman–Crippen LogP) is 5.51. The molecule has 0 aliphatic heterocycles. The number of methoxy groups -OCH3 is 1. The van der Waals surface area contributed by atoms with Crippen molar-refractivity contribution in [3.63, 3.8) is 0 Å². The second kappa shape index (κ2) is 10.1. The molecule has 0 fully saturated rings. The average molecular weight is 547 g/mol. The number of aromatic nitrogens is 1. The fourth-order valence-electron chi connectivity index (χ4n) is 3.37. The van der Waals surface area contributed by atoms with Crippen LogP contribution in [0.15, 0.2) is 70.3 Å². The Hall–Kier alpha value is -2.91. The van der Waals surface area contributed by atoms with Crippen molar-refractivity contribution in [2.24, 2.45) is 0 Å². The molecule has 0 radical (unpaired) electrons. The van der Waals surface area contributed by atoms with Gasteiger partial charge in [-0.15, -0.1) is 0 Å². The van der Waals surface area contributed by atoms with E-state index in [1.807, 2.05) is 0 Å². The number of sulfonamides is 1. The van der Waals surface area contributed by atoms with Gasteiger partial charge in [0.1, 0.15) is 11.4 Å². The maximum Gasteiger partial charge on any atom is 0.340 e. The fourth-order valence-corrected chi connectivity index (χ4v) is 5.48. The number of anilines is 1. The van der Waals surface area contributed by atoms with Crippen molar-refractivity contribution >= 4 is 37.6 Å². The first-order valence-corrected chi connectivity index (χ1v) is 12.7. The minimum atomic E-state index is -4.09. The lowest BCUT2D eigenvalue weighted by Gasteiger charge is -2.29. The molecule has 9 heteroatoms. The fraction of sp³-hybridized carbons (Fsp3) is 0.280. The minimum Gasteiger partial charge on any atom is -0.497 e. The predicted molar refractivity (Wildman–Crippen MR) is 135 cm³/mol. The molecule has 0 N–H and O–H groups in total. The molecule has 2 aromatic carbocycles. The number of nitrogens with zero attached hydrogens (tertiary/aromatic N) is 2. The van der Waals surface area contributed by atoms with Gasteiger partial charge in [0.15, 0.2) is 0 Å². The lowest BCUT2D eigenvalue weighted by molar-refractivity contribution is 0.00703. The van der Waals surface area contributed by atoms with E-state index in [0.29, 0.717) is 21.3 Å². The summed E-state index contributed by atoms with van der Waals surface area (Å²) >= 11 is 3.42. The Morgan fingerprint density at radius 2 is 1.79 bits per heavy atom. The van der Waals surface area contributed by atoms with E-state index in [4.69, 9.17) is 9.47 Å². The first kappa shape index (κ1) is 25.7. The van der Waals surface area contributed by atoms with E-state index in [2.05, 4.69) is 20.9 Å². The molecule has 0 unspecified atom stereocenters. The van der Waals surface area contributed by atoms with Gasteiger partial charge < -0.3 is 9.47 Å². The molecular weight excluding hydrogens is 520 g/mol. The largest absolute Gasteiger partial charge is 0.497 e. The quantitative estimate of drug-likeness (QED) is 0.363. The summed E-state index contributed by atoms with van der Waals surface area (Å²) in [5, 5.41) is 0. The summed E-state index contributed by atoms with van der Waals surface area (Å²) in [7, 11) is -2.58. The van der Waals surface area contributed by atoms with Crippen LogP contribution in [-0.4, -0.2) is 32.1 Å². The van der Waals surface area contributed by atoms with E-state index >= 15 is 0 Å². The topological polar surface area (TPSA) is 85.8 Å². The Kier molecular flexibility index (Phi) is 7.67. The zero-order chi connectivity index (χ0) is 25.1. The van der Waals surface area contributed by atoms with Crippen LogP contribution in [-0.2, 0) is 21.3 Å². The number of carbonyl (C=O) groups is 1. The van der Waals surface area contributed by atoms with Gasteiger partial charge in [-0.3, -0.25) is 9.29 Å². The third kappa shape index (κ3) is 5.95. The summed E-state index contributed by atoms with van der Waals surface area (Å²) < 4.78 is 40.5. The van der Waals surface area contributed by atoms with E-state index in [0.717, 1.165) is 0 Å². The first-order chi connectivity index (χ1) is 15.9.